The molecule has 1 amide bonds. The first-order valence-corrected chi connectivity index (χ1v) is 9.85. The van der Waals surface area contributed by atoms with E-state index in [0.29, 0.717) is 22.7 Å². The molecule has 0 aromatic heterocycles. The number of carbonyl (C=O) groups excluding carboxylic acids is 1. The molecular weight excluding hydrogens is 262 g/mol. The molecule has 1 rings (SSSR count). The smallest absolute Gasteiger partial charge is 0.252 e. The zero-order valence-corrected chi connectivity index (χ0v) is 13.6. The van der Waals surface area contributed by atoms with Crippen LogP contribution in [0.3, 0.4) is 0 Å². The monoisotopic (exact) mass is 283 g/mol. The Morgan fingerprint density at radius 3 is 2.50 bits per heavy atom. The van der Waals surface area contributed by atoms with Crippen LogP contribution in [-0.4, -0.2) is 20.5 Å². The molecule has 0 aliphatic rings. The lowest BCUT2D eigenvalue weighted by Gasteiger charge is -2.29. The van der Waals surface area contributed by atoms with Crippen LogP contribution in [0.25, 0.3) is 0 Å². The van der Waals surface area contributed by atoms with Gasteiger partial charge < -0.3 is 5.32 Å². The third-order valence-electron chi connectivity index (χ3n) is 3.72. The Bertz CT molecular complexity index is 443. The van der Waals surface area contributed by atoms with Crippen LogP contribution in [0, 0.1) is 0 Å². The van der Waals surface area contributed by atoms with Gasteiger partial charge in [0.2, 0.25) is 0 Å². The van der Waals surface area contributed by atoms with Crippen molar-refractivity contribution in [3.63, 3.8) is 0 Å². The number of amides is 1. The molecule has 0 fully saturated rings. The fraction of sp³-hybridized carbons (Fsp3) is 0.500. The zero-order chi connectivity index (χ0) is 13.9. The summed E-state index contributed by atoms with van der Waals surface area (Å²) in [4.78, 5) is 12.2. The predicted octanol–water partition coefficient (Wildman–Crippen LogP) is 3.42. The largest absolute Gasteiger partial charge is 0.352 e. The number of halogens is 1. The number of nitrogens with one attached hydrogen (secondary N) is 1. The Hall–Kier alpha value is -0.803. The van der Waals surface area contributed by atoms with Gasteiger partial charge >= 0.3 is 0 Å². The molecule has 100 valence electrons. The second-order valence-corrected chi connectivity index (χ2v) is 10.9. The van der Waals surface area contributed by atoms with Gasteiger partial charge in [-0.25, -0.2) is 0 Å². The Balaban J connectivity index is 3.37. The van der Waals surface area contributed by atoms with Crippen molar-refractivity contribution in [3.05, 3.63) is 28.8 Å². The molecule has 1 aromatic rings. The number of hydrogen-bond acceptors (Lipinski definition) is 1. The number of benzene rings is 1. The summed E-state index contributed by atoms with van der Waals surface area (Å²) >= 11 is 6.23. The van der Waals surface area contributed by atoms with Crippen LogP contribution in [-0.2, 0) is 0 Å². The SMILES string of the molecule is CCNC(=O)c1c(Cl)cccc1[Si](C)(C)C(C)C. The van der Waals surface area contributed by atoms with E-state index in [9.17, 15) is 4.79 Å². The van der Waals surface area contributed by atoms with Crippen molar-refractivity contribution in [1.82, 2.24) is 5.32 Å². The van der Waals surface area contributed by atoms with E-state index in [-0.39, 0.29) is 5.91 Å². The molecule has 0 spiro atoms. The highest BCUT2D eigenvalue weighted by molar-refractivity contribution is 6.91. The van der Waals surface area contributed by atoms with Crippen molar-refractivity contribution in [3.8, 4) is 0 Å². The fourth-order valence-corrected chi connectivity index (χ4v) is 4.23. The van der Waals surface area contributed by atoms with Crippen molar-refractivity contribution in [1.29, 1.82) is 0 Å². The maximum atomic E-state index is 12.2. The summed E-state index contributed by atoms with van der Waals surface area (Å²) in [5.74, 6) is -0.0562. The molecule has 0 aliphatic carbocycles. The van der Waals surface area contributed by atoms with Crippen LogP contribution < -0.4 is 10.5 Å². The van der Waals surface area contributed by atoms with E-state index in [2.05, 4.69) is 38.3 Å². The van der Waals surface area contributed by atoms with Gasteiger partial charge in [-0.15, -0.1) is 0 Å². The minimum absolute atomic E-state index is 0.0562. The molecule has 0 radical (unpaired) electrons. The summed E-state index contributed by atoms with van der Waals surface area (Å²) in [5.41, 5.74) is 1.23. The van der Waals surface area contributed by atoms with Crippen molar-refractivity contribution in [2.24, 2.45) is 0 Å². The minimum Gasteiger partial charge on any atom is -0.352 e. The first kappa shape index (κ1) is 15.3. The third-order valence-corrected chi connectivity index (χ3v) is 8.72. The van der Waals surface area contributed by atoms with Crippen LogP contribution in [0.4, 0.5) is 0 Å². The Morgan fingerprint density at radius 2 is 2.00 bits per heavy atom. The Kier molecular flexibility index (Phi) is 4.99. The average Bonchev–Trinajstić information content (AvgIpc) is 2.28. The van der Waals surface area contributed by atoms with Crippen LogP contribution in [0.15, 0.2) is 18.2 Å². The van der Waals surface area contributed by atoms with Gasteiger partial charge in [-0.2, -0.15) is 0 Å². The van der Waals surface area contributed by atoms with Crippen LogP contribution in [0.5, 0.6) is 0 Å². The van der Waals surface area contributed by atoms with Crippen molar-refractivity contribution in [2.75, 3.05) is 6.54 Å². The highest BCUT2D eigenvalue weighted by atomic mass is 35.5. The zero-order valence-electron chi connectivity index (χ0n) is 11.8. The molecule has 0 saturated heterocycles. The second-order valence-electron chi connectivity index (χ2n) is 5.40. The van der Waals surface area contributed by atoms with Gasteiger partial charge in [-0.3, -0.25) is 4.79 Å². The van der Waals surface area contributed by atoms with E-state index in [4.69, 9.17) is 11.6 Å². The molecule has 0 atom stereocenters. The highest BCUT2D eigenvalue weighted by Gasteiger charge is 2.32. The lowest BCUT2D eigenvalue weighted by molar-refractivity contribution is 0.0957. The number of carbonyl (C=O) groups is 1. The lowest BCUT2D eigenvalue weighted by atomic mass is 10.2. The number of rotatable bonds is 4. The lowest BCUT2D eigenvalue weighted by Crippen LogP contribution is -2.48. The minimum atomic E-state index is -1.67. The molecule has 1 N–H and O–H groups in total. The molecule has 4 heteroatoms. The molecular formula is C14H22ClNOSi. The Morgan fingerprint density at radius 1 is 1.39 bits per heavy atom. The van der Waals surface area contributed by atoms with E-state index in [1.165, 1.54) is 0 Å². The van der Waals surface area contributed by atoms with E-state index in [1.54, 1.807) is 6.07 Å². The summed E-state index contributed by atoms with van der Waals surface area (Å²) in [7, 11) is -1.67. The summed E-state index contributed by atoms with van der Waals surface area (Å²) in [6, 6.07) is 5.79. The van der Waals surface area contributed by atoms with Crippen LogP contribution >= 0.6 is 11.6 Å². The van der Waals surface area contributed by atoms with Crippen LogP contribution in [0.1, 0.15) is 31.1 Å². The molecule has 18 heavy (non-hydrogen) atoms. The van der Waals surface area contributed by atoms with E-state index >= 15 is 0 Å². The van der Waals surface area contributed by atoms with Gasteiger partial charge in [0.05, 0.1) is 18.7 Å². The van der Waals surface area contributed by atoms with Gasteiger partial charge in [0.25, 0.3) is 5.91 Å². The summed E-state index contributed by atoms with van der Waals surface area (Å²) in [5, 5.41) is 4.56. The van der Waals surface area contributed by atoms with Gasteiger partial charge in [0, 0.05) is 6.54 Å². The highest BCUT2D eigenvalue weighted by Crippen LogP contribution is 2.24. The van der Waals surface area contributed by atoms with Gasteiger partial charge in [-0.05, 0) is 23.7 Å². The van der Waals surface area contributed by atoms with Crippen molar-refractivity contribution < 1.29 is 4.79 Å². The first-order valence-electron chi connectivity index (χ1n) is 6.39. The van der Waals surface area contributed by atoms with Crippen molar-refractivity contribution in [2.45, 2.75) is 39.4 Å². The normalized spacial score (nSPS) is 11.7. The molecule has 1 aromatic carbocycles. The van der Waals surface area contributed by atoms with Gasteiger partial charge in [-0.1, -0.05) is 50.7 Å². The molecule has 0 unspecified atom stereocenters. The van der Waals surface area contributed by atoms with E-state index in [0.717, 1.165) is 5.19 Å². The summed E-state index contributed by atoms with van der Waals surface area (Å²) in [6.45, 7) is 11.5. The molecule has 0 aliphatic heterocycles. The summed E-state index contributed by atoms with van der Waals surface area (Å²) < 4.78 is 0. The molecule has 0 saturated carbocycles. The topological polar surface area (TPSA) is 29.1 Å². The average molecular weight is 284 g/mol. The summed E-state index contributed by atoms with van der Waals surface area (Å²) in [6.07, 6.45) is 0. The van der Waals surface area contributed by atoms with Crippen LogP contribution in [0.2, 0.25) is 23.7 Å². The quantitative estimate of drug-likeness (QED) is 0.843. The first-order chi connectivity index (χ1) is 8.32. The van der Waals surface area contributed by atoms with E-state index in [1.807, 2.05) is 13.0 Å². The predicted molar refractivity (Wildman–Crippen MR) is 81.7 cm³/mol. The molecule has 0 heterocycles. The maximum Gasteiger partial charge on any atom is 0.252 e. The Labute approximate surface area is 116 Å². The second kappa shape index (κ2) is 5.89. The molecule has 2 nitrogen and oxygen atoms in total. The standard InChI is InChI=1S/C14H22ClNOSi/c1-6-16-14(17)13-11(15)8-7-9-12(13)18(4,5)10(2)3/h7-10H,6H2,1-5H3,(H,16,17). The van der Waals surface area contributed by atoms with Gasteiger partial charge in [0.15, 0.2) is 0 Å². The van der Waals surface area contributed by atoms with Crippen molar-refractivity contribution >= 4 is 30.8 Å². The number of hydrogen-bond donors (Lipinski definition) is 1. The third kappa shape index (κ3) is 2.95. The van der Waals surface area contributed by atoms with Gasteiger partial charge in [0.1, 0.15) is 0 Å². The molecule has 0 bridgehead atoms. The van der Waals surface area contributed by atoms with E-state index < -0.39 is 8.07 Å². The fourth-order valence-electron chi connectivity index (χ4n) is 1.85. The maximum absolute atomic E-state index is 12.2.